The molecule has 2 rings (SSSR count). The Balaban J connectivity index is 2.10. The predicted molar refractivity (Wildman–Crippen MR) is 114 cm³/mol. The first-order valence-corrected chi connectivity index (χ1v) is 9.96. The fourth-order valence-electron chi connectivity index (χ4n) is 3.37. The number of rotatable bonds is 8. The maximum atomic E-state index is 10.9. The van der Waals surface area contributed by atoms with Gasteiger partial charge in [0.2, 0.25) is 0 Å². The van der Waals surface area contributed by atoms with E-state index in [1.54, 1.807) is 13.1 Å². The van der Waals surface area contributed by atoms with Gasteiger partial charge in [0.1, 0.15) is 17.1 Å². The second-order valence-electron chi connectivity index (χ2n) is 7.81. The van der Waals surface area contributed by atoms with Gasteiger partial charge in [-0.25, -0.2) is 4.99 Å². The first-order chi connectivity index (χ1) is 13.2. The molecule has 0 aliphatic heterocycles. The molecule has 2 unspecified atom stereocenters. The maximum absolute atomic E-state index is 10.9. The third kappa shape index (κ3) is 5.83. The summed E-state index contributed by atoms with van der Waals surface area (Å²) in [5, 5.41) is 17.6. The van der Waals surface area contributed by atoms with Crippen LogP contribution in [0.1, 0.15) is 56.3 Å². The lowest BCUT2D eigenvalue weighted by Crippen LogP contribution is -2.41. The van der Waals surface area contributed by atoms with E-state index in [9.17, 15) is 5.11 Å². The third-order valence-corrected chi connectivity index (χ3v) is 4.92. The Hall–Kier alpha value is -2.34. The van der Waals surface area contributed by atoms with Crippen LogP contribution in [-0.2, 0) is 5.60 Å². The van der Waals surface area contributed by atoms with E-state index in [2.05, 4.69) is 40.5 Å². The fraction of sp³-hybridized carbons (Fsp3) is 0.545. The number of aliphatic hydroxyl groups is 1. The largest absolute Gasteiger partial charge is 0.466 e. The van der Waals surface area contributed by atoms with Crippen molar-refractivity contribution >= 4 is 5.96 Å². The lowest BCUT2D eigenvalue weighted by atomic mass is 9.89. The standard InChI is InChI=1S/C22H34N4O2/c1-7-24-21(25-13-19(15(2)3)18-9-8-10-23-12-18)26-14-22(6,27)20-11-16(4)28-17(20)5/h8-12,15,19,27H,7,13-14H2,1-6H3,(H2,24,25,26). The number of furan rings is 1. The Kier molecular flexibility index (Phi) is 7.63. The van der Waals surface area contributed by atoms with Crippen molar-refractivity contribution in [2.75, 3.05) is 19.6 Å². The number of guanidine groups is 1. The monoisotopic (exact) mass is 386 g/mol. The minimum atomic E-state index is -1.09. The molecule has 2 aromatic rings. The molecule has 2 aromatic heterocycles. The van der Waals surface area contributed by atoms with Gasteiger partial charge in [-0.2, -0.15) is 0 Å². The number of nitrogens with zero attached hydrogens (tertiary/aromatic N) is 2. The topological polar surface area (TPSA) is 82.7 Å². The first-order valence-electron chi connectivity index (χ1n) is 9.96. The van der Waals surface area contributed by atoms with Gasteiger partial charge in [0.05, 0.1) is 6.54 Å². The normalized spacial score (nSPS) is 15.4. The minimum absolute atomic E-state index is 0.237. The van der Waals surface area contributed by atoms with Gasteiger partial charge < -0.3 is 20.2 Å². The molecule has 2 atom stereocenters. The van der Waals surface area contributed by atoms with Gasteiger partial charge in [-0.1, -0.05) is 19.9 Å². The van der Waals surface area contributed by atoms with Gasteiger partial charge in [0.15, 0.2) is 5.96 Å². The number of aryl methyl sites for hydroxylation is 2. The Labute approximate surface area is 168 Å². The summed E-state index contributed by atoms with van der Waals surface area (Å²) in [4.78, 5) is 8.87. The summed E-state index contributed by atoms with van der Waals surface area (Å²) in [7, 11) is 0. The van der Waals surface area contributed by atoms with E-state index in [1.165, 1.54) is 5.56 Å². The molecule has 28 heavy (non-hydrogen) atoms. The molecule has 2 heterocycles. The number of hydrogen-bond donors (Lipinski definition) is 3. The number of aromatic nitrogens is 1. The molecule has 0 aromatic carbocycles. The van der Waals surface area contributed by atoms with Crippen LogP contribution in [0.5, 0.6) is 0 Å². The molecule has 0 fully saturated rings. The summed E-state index contributed by atoms with van der Waals surface area (Å²) in [5.41, 5.74) is 0.891. The van der Waals surface area contributed by atoms with E-state index in [0.29, 0.717) is 17.8 Å². The molecule has 0 aliphatic carbocycles. The Morgan fingerprint density at radius 2 is 2.07 bits per heavy atom. The zero-order valence-electron chi connectivity index (χ0n) is 17.9. The summed E-state index contributed by atoms with van der Waals surface area (Å²) >= 11 is 0. The van der Waals surface area contributed by atoms with Crippen LogP contribution >= 0.6 is 0 Å². The van der Waals surface area contributed by atoms with Crippen molar-refractivity contribution in [3.63, 3.8) is 0 Å². The van der Waals surface area contributed by atoms with E-state index < -0.39 is 5.60 Å². The van der Waals surface area contributed by atoms with E-state index >= 15 is 0 Å². The zero-order valence-corrected chi connectivity index (χ0v) is 17.9. The Bertz CT molecular complexity index is 766. The molecule has 154 valence electrons. The van der Waals surface area contributed by atoms with Crippen LogP contribution in [0.2, 0.25) is 0 Å². The molecular weight excluding hydrogens is 352 g/mol. The summed E-state index contributed by atoms with van der Waals surface area (Å²) in [6.07, 6.45) is 3.71. The van der Waals surface area contributed by atoms with Crippen molar-refractivity contribution in [1.82, 2.24) is 15.6 Å². The van der Waals surface area contributed by atoms with Crippen molar-refractivity contribution in [2.24, 2.45) is 10.9 Å². The molecular formula is C22H34N4O2. The quantitative estimate of drug-likeness (QED) is 0.478. The van der Waals surface area contributed by atoms with Gasteiger partial charge in [-0.05, 0) is 51.3 Å². The van der Waals surface area contributed by atoms with Crippen LogP contribution < -0.4 is 10.6 Å². The summed E-state index contributed by atoms with van der Waals surface area (Å²) in [6.45, 7) is 13.7. The van der Waals surface area contributed by atoms with E-state index in [4.69, 9.17) is 4.42 Å². The maximum Gasteiger partial charge on any atom is 0.191 e. The molecule has 3 N–H and O–H groups in total. The minimum Gasteiger partial charge on any atom is -0.466 e. The van der Waals surface area contributed by atoms with Gasteiger partial charge >= 0.3 is 0 Å². The number of pyridine rings is 1. The van der Waals surface area contributed by atoms with Crippen LogP contribution in [0.15, 0.2) is 40.0 Å². The highest BCUT2D eigenvalue weighted by molar-refractivity contribution is 5.79. The van der Waals surface area contributed by atoms with Crippen molar-refractivity contribution in [3.05, 3.63) is 53.2 Å². The second-order valence-corrected chi connectivity index (χ2v) is 7.81. The molecule has 0 radical (unpaired) electrons. The van der Waals surface area contributed by atoms with Crippen LogP contribution in [0, 0.1) is 19.8 Å². The van der Waals surface area contributed by atoms with Crippen molar-refractivity contribution in [3.8, 4) is 0 Å². The van der Waals surface area contributed by atoms with Gasteiger partial charge in [0, 0.05) is 37.0 Å². The predicted octanol–water partition coefficient (Wildman–Crippen LogP) is 3.49. The summed E-state index contributed by atoms with van der Waals surface area (Å²) < 4.78 is 5.56. The highest BCUT2D eigenvalue weighted by Crippen LogP contribution is 2.27. The van der Waals surface area contributed by atoms with Crippen molar-refractivity contribution in [2.45, 2.75) is 53.1 Å². The molecule has 0 aliphatic rings. The molecule has 0 saturated carbocycles. The molecule has 6 nitrogen and oxygen atoms in total. The smallest absolute Gasteiger partial charge is 0.191 e. The highest BCUT2D eigenvalue weighted by Gasteiger charge is 2.27. The summed E-state index contributed by atoms with van der Waals surface area (Å²) in [6, 6.07) is 5.96. The SMILES string of the molecule is CCNC(=NCC(C)(O)c1cc(C)oc1C)NCC(c1cccnc1)C(C)C. The molecule has 6 heteroatoms. The number of aliphatic imine (C=N–C) groups is 1. The van der Waals surface area contributed by atoms with E-state index in [1.807, 2.05) is 39.1 Å². The number of nitrogens with one attached hydrogen (secondary N) is 2. The van der Waals surface area contributed by atoms with Crippen molar-refractivity contribution < 1.29 is 9.52 Å². The van der Waals surface area contributed by atoms with Gasteiger partial charge in [0.25, 0.3) is 0 Å². The van der Waals surface area contributed by atoms with Crippen LogP contribution in [0.25, 0.3) is 0 Å². The van der Waals surface area contributed by atoms with Crippen molar-refractivity contribution in [1.29, 1.82) is 0 Å². The average molecular weight is 387 g/mol. The van der Waals surface area contributed by atoms with Crippen LogP contribution in [0.3, 0.4) is 0 Å². The third-order valence-electron chi connectivity index (χ3n) is 4.92. The summed E-state index contributed by atoms with van der Waals surface area (Å²) in [5.74, 6) is 2.98. The molecule has 0 saturated heterocycles. The first kappa shape index (κ1) is 22.0. The number of hydrogen-bond acceptors (Lipinski definition) is 4. The Morgan fingerprint density at radius 3 is 2.61 bits per heavy atom. The lowest BCUT2D eigenvalue weighted by Gasteiger charge is -2.24. The van der Waals surface area contributed by atoms with E-state index in [0.717, 1.165) is 30.2 Å². The fourth-order valence-corrected chi connectivity index (χ4v) is 3.37. The lowest BCUT2D eigenvalue weighted by molar-refractivity contribution is 0.0657. The molecule has 0 amide bonds. The van der Waals surface area contributed by atoms with Crippen LogP contribution in [-0.4, -0.2) is 35.7 Å². The Morgan fingerprint density at radius 1 is 1.32 bits per heavy atom. The molecule has 0 spiro atoms. The van der Waals surface area contributed by atoms with E-state index in [-0.39, 0.29) is 6.54 Å². The molecule has 0 bridgehead atoms. The highest BCUT2D eigenvalue weighted by atomic mass is 16.3. The zero-order chi connectivity index (χ0) is 20.7. The average Bonchev–Trinajstić information content (AvgIpc) is 2.99. The van der Waals surface area contributed by atoms with Gasteiger partial charge in [-0.15, -0.1) is 0 Å². The second kappa shape index (κ2) is 9.73. The van der Waals surface area contributed by atoms with Crippen LogP contribution in [0.4, 0.5) is 0 Å². The van der Waals surface area contributed by atoms with Gasteiger partial charge in [-0.3, -0.25) is 4.98 Å².